The maximum atomic E-state index is 9.48. The second-order valence-corrected chi connectivity index (χ2v) is 9.36. The molecule has 1 unspecified atom stereocenters. The van der Waals surface area contributed by atoms with Crippen LogP contribution in [0.5, 0.6) is 5.75 Å². The fourth-order valence-corrected chi connectivity index (χ4v) is 4.87. The summed E-state index contributed by atoms with van der Waals surface area (Å²) in [7, 11) is 1.73. The first-order valence-electron chi connectivity index (χ1n) is 12.4. The van der Waals surface area contributed by atoms with Crippen molar-refractivity contribution in [1.29, 1.82) is 0 Å². The van der Waals surface area contributed by atoms with E-state index in [1.807, 2.05) is 12.3 Å². The van der Waals surface area contributed by atoms with Crippen molar-refractivity contribution < 1.29 is 9.84 Å². The summed E-state index contributed by atoms with van der Waals surface area (Å²) in [4.78, 5) is 11.4. The normalized spacial score (nSPS) is 15.4. The summed E-state index contributed by atoms with van der Waals surface area (Å²) in [5, 5.41) is 13.0. The number of aliphatic hydroxyl groups is 1. The molecule has 1 aliphatic heterocycles. The van der Waals surface area contributed by atoms with Crippen LogP contribution in [0.1, 0.15) is 50.7 Å². The van der Waals surface area contributed by atoms with E-state index >= 15 is 0 Å². The third kappa shape index (κ3) is 5.45. The van der Waals surface area contributed by atoms with Gasteiger partial charge in [-0.25, -0.2) is 4.98 Å². The maximum Gasteiger partial charge on any atom is 0.222 e. The number of aliphatic hydroxyl groups excluding tert-OH is 1. The number of anilines is 2. The highest BCUT2D eigenvalue weighted by Crippen LogP contribution is 2.29. The third-order valence-corrected chi connectivity index (χ3v) is 6.79. The predicted molar refractivity (Wildman–Crippen MR) is 137 cm³/mol. The van der Waals surface area contributed by atoms with E-state index in [1.165, 1.54) is 25.1 Å². The summed E-state index contributed by atoms with van der Waals surface area (Å²) in [5.41, 5.74) is 10.1. The van der Waals surface area contributed by atoms with Crippen molar-refractivity contribution in [1.82, 2.24) is 19.4 Å². The molecule has 0 amide bonds. The first kappa shape index (κ1) is 24.3. The minimum absolute atomic E-state index is 0.124. The van der Waals surface area contributed by atoms with Crippen molar-refractivity contribution in [3.05, 3.63) is 41.6 Å². The largest absolute Gasteiger partial charge is 0.496 e. The SMILES string of the molecule is CCCC(CCO)Nc1nc(N)nc2ccn(Cc3ccc(CN4CC(CC)C4)cc3OC)c12. The molecule has 0 radical (unpaired) electrons. The number of fused-ring (bicyclic) bond motifs is 1. The maximum absolute atomic E-state index is 9.48. The lowest BCUT2D eigenvalue weighted by molar-refractivity contribution is 0.0898. The predicted octanol–water partition coefficient (Wildman–Crippen LogP) is 3.88. The highest BCUT2D eigenvalue weighted by atomic mass is 16.5. The van der Waals surface area contributed by atoms with Gasteiger partial charge in [0.05, 0.1) is 19.2 Å². The molecule has 1 aliphatic rings. The molecule has 184 valence electrons. The molecule has 4 N–H and O–H groups in total. The van der Waals surface area contributed by atoms with Crippen molar-refractivity contribution in [2.45, 2.75) is 58.7 Å². The molecule has 1 fully saturated rings. The Kier molecular flexibility index (Phi) is 7.90. The Bertz CT molecular complexity index is 1090. The number of nitrogens with two attached hydrogens (primary N) is 1. The van der Waals surface area contributed by atoms with Crippen LogP contribution in [0.4, 0.5) is 11.8 Å². The first-order valence-corrected chi connectivity index (χ1v) is 12.4. The van der Waals surface area contributed by atoms with Gasteiger partial charge >= 0.3 is 0 Å². The highest BCUT2D eigenvalue weighted by Gasteiger charge is 2.25. The average Bonchev–Trinajstić information content (AvgIpc) is 3.19. The lowest BCUT2D eigenvalue weighted by Crippen LogP contribution is -2.45. The van der Waals surface area contributed by atoms with E-state index in [1.54, 1.807) is 7.11 Å². The zero-order valence-corrected chi connectivity index (χ0v) is 20.6. The van der Waals surface area contributed by atoms with Gasteiger partial charge in [0.25, 0.3) is 0 Å². The van der Waals surface area contributed by atoms with Crippen LogP contribution < -0.4 is 15.8 Å². The Morgan fingerprint density at radius 1 is 1.18 bits per heavy atom. The van der Waals surface area contributed by atoms with Gasteiger partial charge in [-0.05, 0) is 36.5 Å². The number of benzene rings is 1. The second-order valence-electron chi connectivity index (χ2n) is 9.36. The van der Waals surface area contributed by atoms with E-state index in [0.29, 0.717) is 18.8 Å². The number of methoxy groups -OCH3 is 1. The van der Waals surface area contributed by atoms with Gasteiger partial charge in [-0.3, -0.25) is 4.90 Å². The van der Waals surface area contributed by atoms with Gasteiger partial charge in [-0.1, -0.05) is 38.8 Å². The van der Waals surface area contributed by atoms with Crippen LogP contribution in [-0.4, -0.2) is 57.4 Å². The monoisotopic (exact) mass is 466 g/mol. The standard InChI is InChI=1S/C26H38N6O2/c1-4-6-21(10-12-33)28-25-24-22(29-26(27)30-25)9-11-32(24)17-20-8-7-19(13-23(20)34-3)16-31-14-18(5-2)15-31/h7-9,11,13,18,21,33H,4-6,10,12,14-17H2,1-3H3,(H3,27,28,29,30). The topological polar surface area (TPSA) is 101 Å². The number of hydrogen-bond donors (Lipinski definition) is 3. The molecule has 0 spiro atoms. The summed E-state index contributed by atoms with van der Waals surface area (Å²) >= 11 is 0. The van der Waals surface area contributed by atoms with Gasteiger partial charge in [0.2, 0.25) is 5.95 Å². The van der Waals surface area contributed by atoms with E-state index in [4.69, 9.17) is 10.5 Å². The summed E-state index contributed by atoms with van der Waals surface area (Å²) < 4.78 is 7.91. The summed E-state index contributed by atoms with van der Waals surface area (Å²) in [6.07, 6.45) is 5.89. The summed E-state index contributed by atoms with van der Waals surface area (Å²) in [6, 6.07) is 8.61. The van der Waals surface area contributed by atoms with Gasteiger partial charge in [-0.2, -0.15) is 4.98 Å². The average molecular weight is 467 g/mol. The highest BCUT2D eigenvalue weighted by molar-refractivity contribution is 5.87. The molecule has 4 rings (SSSR count). The van der Waals surface area contributed by atoms with Crippen LogP contribution in [0.2, 0.25) is 0 Å². The molecule has 0 saturated carbocycles. The van der Waals surface area contributed by atoms with Crippen LogP contribution >= 0.6 is 0 Å². The van der Waals surface area contributed by atoms with Gasteiger partial charge in [-0.15, -0.1) is 0 Å². The second kappa shape index (κ2) is 11.1. The van der Waals surface area contributed by atoms with Gasteiger partial charge in [0.15, 0.2) is 5.82 Å². The summed E-state index contributed by atoms with van der Waals surface area (Å²) in [5.74, 6) is 2.68. The minimum Gasteiger partial charge on any atom is -0.496 e. The molecular weight excluding hydrogens is 428 g/mol. The zero-order valence-electron chi connectivity index (χ0n) is 20.6. The van der Waals surface area contributed by atoms with E-state index in [-0.39, 0.29) is 18.6 Å². The van der Waals surface area contributed by atoms with Crippen molar-refractivity contribution >= 4 is 22.8 Å². The third-order valence-electron chi connectivity index (χ3n) is 6.79. The lowest BCUT2D eigenvalue weighted by Gasteiger charge is -2.39. The van der Waals surface area contributed by atoms with Crippen molar-refractivity contribution in [3.8, 4) is 5.75 Å². The van der Waals surface area contributed by atoms with Crippen molar-refractivity contribution in [2.75, 3.05) is 37.9 Å². The molecule has 2 aromatic heterocycles. The first-order chi connectivity index (χ1) is 16.5. The molecule has 8 heteroatoms. The van der Waals surface area contributed by atoms with Crippen LogP contribution in [0.25, 0.3) is 11.0 Å². The minimum atomic E-state index is 0.124. The van der Waals surface area contributed by atoms with E-state index < -0.39 is 0 Å². The molecule has 34 heavy (non-hydrogen) atoms. The number of hydrogen-bond acceptors (Lipinski definition) is 7. The zero-order chi connectivity index (χ0) is 24.1. The summed E-state index contributed by atoms with van der Waals surface area (Å²) in [6.45, 7) is 8.50. The number of aromatic nitrogens is 3. The molecule has 3 heterocycles. The van der Waals surface area contributed by atoms with Crippen LogP contribution in [0.15, 0.2) is 30.5 Å². The van der Waals surface area contributed by atoms with E-state index in [9.17, 15) is 5.11 Å². The lowest BCUT2D eigenvalue weighted by atomic mass is 9.96. The number of likely N-dealkylation sites (tertiary alicyclic amines) is 1. The van der Waals surface area contributed by atoms with Crippen LogP contribution in [0, 0.1) is 5.92 Å². The number of nitrogen functional groups attached to an aromatic ring is 1. The molecule has 1 atom stereocenters. The van der Waals surface area contributed by atoms with Crippen LogP contribution in [0.3, 0.4) is 0 Å². The number of nitrogens with zero attached hydrogens (tertiary/aromatic N) is 4. The Labute approximate surface area is 202 Å². The van der Waals surface area contributed by atoms with Gasteiger partial charge in [0, 0.05) is 44.0 Å². The molecule has 3 aromatic rings. The molecule has 8 nitrogen and oxygen atoms in total. The number of ether oxygens (including phenoxy) is 1. The van der Waals surface area contributed by atoms with E-state index in [2.05, 4.69) is 56.8 Å². The molecule has 1 aromatic carbocycles. The molecule has 0 bridgehead atoms. The van der Waals surface area contributed by atoms with Gasteiger partial charge < -0.3 is 25.5 Å². The Morgan fingerprint density at radius 3 is 2.71 bits per heavy atom. The molecular formula is C26H38N6O2. The van der Waals surface area contributed by atoms with Crippen LogP contribution in [-0.2, 0) is 13.1 Å². The Balaban J connectivity index is 1.58. The molecule has 1 saturated heterocycles. The number of nitrogens with one attached hydrogen (secondary N) is 1. The Hall–Kier alpha value is -2.84. The van der Waals surface area contributed by atoms with Gasteiger partial charge in [0.1, 0.15) is 11.3 Å². The Morgan fingerprint density at radius 2 is 2.00 bits per heavy atom. The van der Waals surface area contributed by atoms with E-state index in [0.717, 1.165) is 47.7 Å². The fourth-order valence-electron chi connectivity index (χ4n) is 4.87. The number of rotatable bonds is 12. The molecule has 0 aliphatic carbocycles. The van der Waals surface area contributed by atoms with Crippen molar-refractivity contribution in [3.63, 3.8) is 0 Å². The quantitative estimate of drug-likeness (QED) is 0.372. The fraction of sp³-hybridized carbons (Fsp3) is 0.538. The smallest absolute Gasteiger partial charge is 0.222 e. The van der Waals surface area contributed by atoms with Crippen molar-refractivity contribution in [2.24, 2.45) is 5.92 Å².